The average Bonchev–Trinajstić information content (AvgIpc) is 2.96. The van der Waals surface area contributed by atoms with E-state index in [1.165, 1.54) is 36.0 Å². The van der Waals surface area contributed by atoms with Crippen molar-refractivity contribution in [3.8, 4) is 11.5 Å². The third-order valence-electron chi connectivity index (χ3n) is 4.32. The zero-order valence-corrected chi connectivity index (χ0v) is 12.9. The molecule has 0 bridgehead atoms. The highest BCUT2D eigenvalue weighted by molar-refractivity contribution is 5.41. The number of nitrogens with one attached hydrogen (secondary N) is 1. The van der Waals surface area contributed by atoms with Crippen molar-refractivity contribution >= 4 is 0 Å². The number of hydrogen-bond acceptors (Lipinski definition) is 2. The Morgan fingerprint density at radius 2 is 1.86 bits per heavy atom. The first-order chi connectivity index (χ1) is 10.3. The van der Waals surface area contributed by atoms with E-state index < -0.39 is 0 Å². The quantitative estimate of drug-likeness (QED) is 0.862. The van der Waals surface area contributed by atoms with Gasteiger partial charge in [-0.1, -0.05) is 25.1 Å². The minimum Gasteiger partial charge on any atom is -0.457 e. The average molecular weight is 281 g/mol. The molecule has 2 aromatic rings. The van der Waals surface area contributed by atoms with Crippen LogP contribution < -0.4 is 10.1 Å². The Bertz CT molecular complexity index is 617. The van der Waals surface area contributed by atoms with Gasteiger partial charge in [0.1, 0.15) is 11.5 Å². The number of benzene rings is 2. The Balaban J connectivity index is 1.80. The lowest BCUT2D eigenvalue weighted by atomic mass is 10.0. The summed E-state index contributed by atoms with van der Waals surface area (Å²) in [7, 11) is 2.00. The topological polar surface area (TPSA) is 21.3 Å². The Morgan fingerprint density at radius 1 is 1.05 bits per heavy atom. The molecule has 0 saturated carbocycles. The van der Waals surface area contributed by atoms with Gasteiger partial charge in [0.25, 0.3) is 0 Å². The van der Waals surface area contributed by atoms with Gasteiger partial charge in [-0.15, -0.1) is 0 Å². The number of rotatable bonds is 5. The monoisotopic (exact) mass is 281 g/mol. The molecule has 1 atom stereocenters. The minimum absolute atomic E-state index is 0.383. The maximum absolute atomic E-state index is 6.06. The molecule has 0 spiro atoms. The summed E-state index contributed by atoms with van der Waals surface area (Å²) >= 11 is 0. The lowest BCUT2D eigenvalue weighted by molar-refractivity contribution is 0.478. The van der Waals surface area contributed by atoms with E-state index in [1.807, 2.05) is 13.1 Å². The summed E-state index contributed by atoms with van der Waals surface area (Å²) < 4.78 is 6.06. The second kappa shape index (κ2) is 6.31. The first-order valence-corrected chi connectivity index (χ1v) is 7.87. The fourth-order valence-corrected chi connectivity index (χ4v) is 3.15. The third-order valence-corrected chi connectivity index (χ3v) is 4.32. The first-order valence-electron chi connectivity index (χ1n) is 7.87. The SMILES string of the molecule is CCC(NC)c1cccc(Oc2ccc3c(c2)CCC3)c1. The smallest absolute Gasteiger partial charge is 0.127 e. The molecule has 1 N–H and O–H groups in total. The lowest BCUT2D eigenvalue weighted by Gasteiger charge is -2.15. The summed E-state index contributed by atoms with van der Waals surface area (Å²) in [4.78, 5) is 0. The summed E-state index contributed by atoms with van der Waals surface area (Å²) in [6, 6.07) is 15.3. The molecule has 110 valence electrons. The van der Waals surface area contributed by atoms with Crippen molar-refractivity contribution in [2.45, 2.75) is 38.6 Å². The van der Waals surface area contributed by atoms with Crippen LogP contribution in [0.25, 0.3) is 0 Å². The molecule has 1 aliphatic rings. The van der Waals surface area contributed by atoms with Crippen molar-refractivity contribution in [1.82, 2.24) is 5.32 Å². The van der Waals surface area contributed by atoms with E-state index in [2.05, 4.69) is 48.6 Å². The molecule has 21 heavy (non-hydrogen) atoms. The Morgan fingerprint density at radius 3 is 2.67 bits per heavy atom. The van der Waals surface area contributed by atoms with Crippen LogP contribution in [0.5, 0.6) is 11.5 Å². The van der Waals surface area contributed by atoms with Crippen LogP contribution in [0.4, 0.5) is 0 Å². The standard InChI is InChI=1S/C19H23NO/c1-3-19(20-2)16-8-5-9-17(13-16)21-18-11-10-14-6-4-7-15(14)12-18/h5,8-13,19-20H,3-4,6-7H2,1-2H3. The van der Waals surface area contributed by atoms with Crippen LogP contribution in [-0.4, -0.2) is 7.05 Å². The highest BCUT2D eigenvalue weighted by Gasteiger charge is 2.12. The van der Waals surface area contributed by atoms with E-state index in [-0.39, 0.29) is 0 Å². The highest BCUT2D eigenvalue weighted by atomic mass is 16.5. The predicted octanol–water partition coefficient (Wildman–Crippen LogP) is 4.64. The second-order valence-corrected chi connectivity index (χ2v) is 5.71. The van der Waals surface area contributed by atoms with Gasteiger partial charge in [-0.05, 0) is 73.7 Å². The zero-order chi connectivity index (χ0) is 14.7. The fraction of sp³-hybridized carbons (Fsp3) is 0.368. The van der Waals surface area contributed by atoms with E-state index in [0.29, 0.717) is 6.04 Å². The lowest BCUT2D eigenvalue weighted by Crippen LogP contribution is -2.14. The van der Waals surface area contributed by atoms with Crippen molar-refractivity contribution in [2.24, 2.45) is 0 Å². The summed E-state index contributed by atoms with van der Waals surface area (Å²) in [5.41, 5.74) is 4.21. The summed E-state index contributed by atoms with van der Waals surface area (Å²) in [6.45, 7) is 2.19. The molecular formula is C19H23NO. The Labute approximate surface area is 127 Å². The summed E-state index contributed by atoms with van der Waals surface area (Å²) in [6.07, 6.45) is 4.74. The molecule has 0 fully saturated rings. The van der Waals surface area contributed by atoms with E-state index >= 15 is 0 Å². The van der Waals surface area contributed by atoms with Crippen LogP contribution in [-0.2, 0) is 12.8 Å². The Hall–Kier alpha value is -1.80. The van der Waals surface area contributed by atoms with Crippen LogP contribution in [0.3, 0.4) is 0 Å². The molecular weight excluding hydrogens is 258 g/mol. The Kier molecular flexibility index (Phi) is 4.26. The number of ether oxygens (including phenoxy) is 1. The van der Waals surface area contributed by atoms with Gasteiger partial charge in [0.05, 0.1) is 0 Å². The molecule has 0 amide bonds. The van der Waals surface area contributed by atoms with Crippen LogP contribution in [0.1, 0.15) is 42.5 Å². The molecule has 0 heterocycles. The van der Waals surface area contributed by atoms with Gasteiger partial charge in [-0.2, -0.15) is 0 Å². The van der Waals surface area contributed by atoms with Gasteiger partial charge in [-0.3, -0.25) is 0 Å². The number of fused-ring (bicyclic) bond motifs is 1. The zero-order valence-electron chi connectivity index (χ0n) is 12.9. The molecule has 0 aromatic heterocycles. The molecule has 1 aliphatic carbocycles. The third kappa shape index (κ3) is 3.11. The first kappa shape index (κ1) is 14.2. The van der Waals surface area contributed by atoms with E-state index in [9.17, 15) is 0 Å². The van der Waals surface area contributed by atoms with Crippen LogP contribution in [0.15, 0.2) is 42.5 Å². The van der Waals surface area contributed by atoms with Gasteiger partial charge in [-0.25, -0.2) is 0 Å². The molecule has 2 nitrogen and oxygen atoms in total. The molecule has 0 saturated heterocycles. The van der Waals surface area contributed by atoms with Crippen molar-refractivity contribution in [2.75, 3.05) is 7.05 Å². The van der Waals surface area contributed by atoms with Crippen molar-refractivity contribution in [1.29, 1.82) is 0 Å². The highest BCUT2D eigenvalue weighted by Crippen LogP contribution is 2.30. The van der Waals surface area contributed by atoms with Crippen LogP contribution in [0.2, 0.25) is 0 Å². The predicted molar refractivity (Wildman–Crippen MR) is 87.1 cm³/mol. The number of hydrogen-bond donors (Lipinski definition) is 1. The van der Waals surface area contributed by atoms with E-state index in [1.54, 1.807) is 0 Å². The molecule has 0 radical (unpaired) electrons. The van der Waals surface area contributed by atoms with Gasteiger partial charge < -0.3 is 10.1 Å². The largest absolute Gasteiger partial charge is 0.457 e. The van der Waals surface area contributed by atoms with Gasteiger partial charge in [0, 0.05) is 6.04 Å². The van der Waals surface area contributed by atoms with Crippen molar-refractivity contribution in [3.63, 3.8) is 0 Å². The summed E-state index contributed by atoms with van der Waals surface area (Å²) in [5, 5.41) is 3.34. The minimum atomic E-state index is 0.383. The molecule has 1 unspecified atom stereocenters. The molecule has 2 heteroatoms. The van der Waals surface area contributed by atoms with Crippen molar-refractivity contribution < 1.29 is 4.74 Å². The molecule has 0 aliphatic heterocycles. The second-order valence-electron chi connectivity index (χ2n) is 5.71. The molecule has 2 aromatic carbocycles. The molecule has 3 rings (SSSR count). The van der Waals surface area contributed by atoms with Crippen molar-refractivity contribution in [3.05, 3.63) is 59.2 Å². The normalized spacial score (nSPS) is 14.8. The number of aryl methyl sites for hydroxylation is 2. The van der Waals surface area contributed by atoms with E-state index in [0.717, 1.165) is 17.9 Å². The van der Waals surface area contributed by atoms with Gasteiger partial charge in [0.2, 0.25) is 0 Å². The van der Waals surface area contributed by atoms with Crippen LogP contribution >= 0.6 is 0 Å². The maximum Gasteiger partial charge on any atom is 0.127 e. The van der Waals surface area contributed by atoms with Crippen LogP contribution in [0, 0.1) is 0 Å². The fourth-order valence-electron chi connectivity index (χ4n) is 3.15. The summed E-state index contributed by atoms with van der Waals surface area (Å²) in [5.74, 6) is 1.87. The maximum atomic E-state index is 6.06. The van der Waals surface area contributed by atoms with E-state index in [4.69, 9.17) is 4.74 Å². The van der Waals surface area contributed by atoms with Gasteiger partial charge >= 0.3 is 0 Å². The van der Waals surface area contributed by atoms with Gasteiger partial charge in [0.15, 0.2) is 0 Å².